The van der Waals surface area contributed by atoms with Gasteiger partial charge in [-0.15, -0.1) is 0 Å². The number of carbonyl (C=O) groups excluding carboxylic acids is 1. The lowest BCUT2D eigenvalue weighted by atomic mass is 10.1. The zero-order valence-electron chi connectivity index (χ0n) is 8.57. The Morgan fingerprint density at radius 2 is 2.29 bits per heavy atom. The van der Waals surface area contributed by atoms with Crippen LogP contribution in [0.2, 0.25) is 0 Å². The van der Waals surface area contributed by atoms with Crippen molar-refractivity contribution in [2.24, 2.45) is 5.73 Å². The van der Waals surface area contributed by atoms with Crippen LogP contribution < -0.4 is 15.2 Å². The molecule has 0 saturated heterocycles. The van der Waals surface area contributed by atoms with Crippen LogP contribution in [0.1, 0.15) is 5.56 Å². The first-order valence-electron chi connectivity index (χ1n) is 4.62. The van der Waals surface area contributed by atoms with Crippen molar-refractivity contribution < 1.29 is 14.3 Å². The van der Waals surface area contributed by atoms with E-state index in [0.29, 0.717) is 21.5 Å². The molecule has 0 atom stereocenters. The highest BCUT2D eigenvalue weighted by Gasteiger charge is 2.17. The Morgan fingerprint density at radius 3 is 2.94 bits per heavy atom. The van der Waals surface area contributed by atoms with Crippen LogP contribution in [0, 0.1) is 11.3 Å². The second kappa shape index (κ2) is 4.47. The Kier molecular flexibility index (Phi) is 3.02. The van der Waals surface area contributed by atoms with Crippen LogP contribution in [-0.2, 0) is 4.79 Å². The SMILES string of the molecule is N#C/C(=C/c1cc(Br)c2c(c1)OCO2)C(N)=O. The maximum atomic E-state index is 10.9. The standard InChI is InChI=1S/C11H7BrN2O3/c12-8-2-6(1-7(4-13)11(14)15)3-9-10(8)17-5-16-9/h1-3H,5H2,(H2,14,15)/b7-1-. The number of amides is 1. The summed E-state index contributed by atoms with van der Waals surface area (Å²) < 4.78 is 11.1. The van der Waals surface area contributed by atoms with Gasteiger partial charge in [-0.05, 0) is 39.7 Å². The molecule has 1 amide bonds. The van der Waals surface area contributed by atoms with E-state index in [1.54, 1.807) is 18.2 Å². The minimum atomic E-state index is -0.763. The topological polar surface area (TPSA) is 85.3 Å². The Bertz CT molecular complexity index is 561. The van der Waals surface area contributed by atoms with Crippen molar-refractivity contribution in [2.45, 2.75) is 0 Å². The van der Waals surface area contributed by atoms with Gasteiger partial charge in [0.1, 0.15) is 11.6 Å². The van der Waals surface area contributed by atoms with Gasteiger partial charge in [0.05, 0.1) is 4.47 Å². The molecule has 1 aliphatic heterocycles. The Morgan fingerprint density at radius 1 is 1.53 bits per heavy atom. The second-order valence-corrected chi connectivity index (χ2v) is 4.12. The first kappa shape index (κ1) is 11.5. The fraction of sp³-hybridized carbons (Fsp3) is 0.0909. The predicted molar refractivity (Wildman–Crippen MR) is 63.0 cm³/mol. The third-order valence-corrected chi connectivity index (χ3v) is 2.74. The minimum absolute atomic E-state index is 0.115. The number of hydrogen-bond donors (Lipinski definition) is 1. The van der Waals surface area contributed by atoms with E-state index in [4.69, 9.17) is 20.5 Å². The number of hydrogen-bond acceptors (Lipinski definition) is 4. The number of ether oxygens (including phenoxy) is 2. The van der Waals surface area contributed by atoms with Crippen molar-refractivity contribution in [1.29, 1.82) is 5.26 Å². The lowest BCUT2D eigenvalue weighted by molar-refractivity contribution is -0.114. The molecule has 0 bridgehead atoms. The number of nitriles is 1. The summed E-state index contributed by atoms with van der Waals surface area (Å²) in [6, 6.07) is 5.13. The van der Waals surface area contributed by atoms with Gasteiger partial charge in [0, 0.05) is 0 Å². The van der Waals surface area contributed by atoms with Gasteiger partial charge in [-0.2, -0.15) is 5.26 Å². The number of rotatable bonds is 2. The predicted octanol–water partition coefficient (Wildman–Crippen LogP) is 1.57. The number of fused-ring (bicyclic) bond motifs is 1. The Hall–Kier alpha value is -2.00. The fourth-order valence-electron chi connectivity index (χ4n) is 1.40. The van der Waals surface area contributed by atoms with E-state index in [9.17, 15) is 4.79 Å². The van der Waals surface area contributed by atoms with Crippen LogP contribution in [0.15, 0.2) is 22.2 Å². The van der Waals surface area contributed by atoms with E-state index >= 15 is 0 Å². The van der Waals surface area contributed by atoms with Gasteiger partial charge in [0.2, 0.25) is 6.79 Å². The van der Waals surface area contributed by atoms with E-state index in [1.807, 2.05) is 0 Å². The Labute approximate surface area is 106 Å². The molecule has 0 fully saturated rings. The molecule has 0 aromatic heterocycles. The maximum absolute atomic E-state index is 10.9. The van der Waals surface area contributed by atoms with Gasteiger partial charge in [-0.25, -0.2) is 0 Å². The summed E-state index contributed by atoms with van der Waals surface area (Å²) >= 11 is 3.31. The average molecular weight is 295 g/mol. The van der Waals surface area contributed by atoms with E-state index in [-0.39, 0.29) is 12.4 Å². The van der Waals surface area contributed by atoms with Gasteiger partial charge < -0.3 is 15.2 Å². The number of benzene rings is 1. The number of halogens is 1. The Balaban J connectivity index is 2.45. The second-order valence-electron chi connectivity index (χ2n) is 3.27. The van der Waals surface area contributed by atoms with Crippen LogP contribution in [0.4, 0.5) is 0 Å². The van der Waals surface area contributed by atoms with E-state index in [0.717, 1.165) is 0 Å². The molecule has 1 heterocycles. The maximum Gasteiger partial charge on any atom is 0.259 e. The molecule has 86 valence electrons. The number of carbonyl (C=O) groups is 1. The van der Waals surface area contributed by atoms with Gasteiger partial charge in [0.25, 0.3) is 5.91 Å². The van der Waals surface area contributed by atoms with Crippen molar-refractivity contribution in [3.8, 4) is 17.6 Å². The highest BCUT2D eigenvalue weighted by molar-refractivity contribution is 9.10. The molecule has 1 aromatic carbocycles. The van der Waals surface area contributed by atoms with Gasteiger partial charge in [-0.3, -0.25) is 4.79 Å². The molecule has 2 rings (SSSR count). The zero-order chi connectivity index (χ0) is 12.4. The van der Waals surface area contributed by atoms with Gasteiger partial charge in [-0.1, -0.05) is 0 Å². The summed E-state index contributed by atoms with van der Waals surface area (Å²) in [7, 11) is 0. The largest absolute Gasteiger partial charge is 0.454 e. The lowest BCUT2D eigenvalue weighted by Crippen LogP contribution is -2.12. The van der Waals surface area contributed by atoms with Gasteiger partial charge in [0.15, 0.2) is 11.5 Å². The summed E-state index contributed by atoms with van der Waals surface area (Å²) in [5, 5.41) is 8.73. The van der Waals surface area contributed by atoms with Crippen molar-refractivity contribution >= 4 is 27.9 Å². The summed E-state index contributed by atoms with van der Waals surface area (Å²) in [6.07, 6.45) is 1.40. The zero-order valence-corrected chi connectivity index (χ0v) is 10.2. The highest BCUT2D eigenvalue weighted by Crippen LogP contribution is 2.40. The minimum Gasteiger partial charge on any atom is -0.454 e. The molecular formula is C11H7BrN2O3. The normalized spacial score (nSPS) is 13.3. The molecule has 0 saturated carbocycles. The van der Waals surface area contributed by atoms with Crippen LogP contribution in [0.3, 0.4) is 0 Å². The molecular weight excluding hydrogens is 288 g/mol. The first-order chi connectivity index (χ1) is 8.11. The van der Waals surface area contributed by atoms with E-state index in [2.05, 4.69) is 15.9 Å². The van der Waals surface area contributed by atoms with Crippen LogP contribution in [-0.4, -0.2) is 12.7 Å². The number of primary amides is 1. The molecule has 0 unspecified atom stereocenters. The van der Waals surface area contributed by atoms with Gasteiger partial charge >= 0.3 is 0 Å². The molecule has 2 N–H and O–H groups in total. The first-order valence-corrected chi connectivity index (χ1v) is 5.42. The van der Waals surface area contributed by atoms with E-state index in [1.165, 1.54) is 6.08 Å². The average Bonchev–Trinajstić information content (AvgIpc) is 2.74. The van der Waals surface area contributed by atoms with Crippen LogP contribution in [0.5, 0.6) is 11.5 Å². The third-order valence-electron chi connectivity index (χ3n) is 2.15. The molecule has 5 nitrogen and oxygen atoms in total. The van der Waals surface area contributed by atoms with Crippen molar-refractivity contribution in [1.82, 2.24) is 0 Å². The monoisotopic (exact) mass is 294 g/mol. The summed E-state index contributed by atoms with van der Waals surface area (Å²) in [5.74, 6) is 0.411. The van der Waals surface area contributed by atoms with Crippen molar-refractivity contribution in [3.63, 3.8) is 0 Å². The number of nitrogens with two attached hydrogens (primary N) is 1. The lowest BCUT2D eigenvalue weighted by Gasteiger charge is -2.01. The molecule has 0 spiro atoms. The highest BCUT2D eigenvalue weighted by atomic mass is 79.9. The molecule has 6 heteroatoms. The molecule has 0 aliphatic carbocycles. The third kappa shape index (κ3) is 2.24. The van der Waals surface area contributed by atoms with Crippen LogP contribution in [0.25, 0.3) is 6.08 Å². The van der Waals surface area contributed by atoms with Crippen molar-refractivity contribution in [2.75, 3.05) is 6.79 Å². The molecule has 1 aliphatic rings. The summed E-state index contributed by atoms with van der Waals surface area (Å²) in [5.41, 5.74) is 5.57. The van der Waals surface area contributed by atoms with E-state index < -0.39 is 5.91 Å². The molecule has 17 heavy (non-hydrogen) atoms. The smallest absolute Gasteiger partial charge is 0.259 e. The molecule has 1 aromatic rings. The molecule has 0 radical (unpaired) electrons. The summed E-state index contributed by atoms with van der Waals surface area (Å²) in [4.78, 5) is 10.9. The quantitative estimate of drug-likeness (QED) is 0.663. The van der Waals surface area contributed by atoms with Crippen molar-refractivity contribution in [3.05, 3.63) is 27.7 Å². The van der Waals surface area contributed by atoms with Crippen LogP contribution >= 0.6 is 15.9 Å². The fourth-order valence-corrected chi connectivity index (χ4v) is 1.97. The number of nitrogens with zero attached hydrogens (tertiary/aromatic N) is 1. The summed E-state index contributed by atoms with van der Waals surface area (Å²) in [6.45, 7) is 0.155.